The van der Waals surface area contributed by atoms with Gasteiger partial charge in [0.1, 0.15) is 0 Å². The van der Waals surface area contributed by atoms with E-state index in [0.717, 1.165) is 58.2 Å². The van der Waals surface area contributed by atoms with Gasteiger partial charge in [0, 0.05) is 22.0 Å². The highest BCUT2D eigenvalue weighted by molar-refractivity contribution is 7.72. The molecule has 188 valence electrons. The Morgan fingerprint density at radius 1 is 1.21 bits per heavy atom. The Labute approximate surface area is 205 Å². The van der Waals surface area contributed by atoms with Crippen molar-refractivity contribution < 1.29 is 17.6 Å². The lowest BCUT2D eigenvalue weighted by Gasteiger charge is -2.34. The van der Waals surface area contributed by atoms with Crippen LogP contribution in [0.25, 0.3) is 15.7 Å². The molecule has 3 unspecified atom stereocenters. The van der Waals surface area contributed by atoms with Crippen molar-refractivity contribution in [2.75, 3.05) is 6.16 Å². The number of benzene rings is 1. The molecule has 0 saturated carbocycles. The van der Waals surface area contributed by atoms with Gasteiger partial charge in [-0.2, -0.15) is 13.2 Å². The van der Waals surface area contributed by atoms with E-state index < -0.39 is 25.5 Å². The maximum atomic E-state index is 16.0. The maximum Gasteiger partial charge on any atom is 0.389 e. The lowest BCUT2D eigenvalue weighted by molar-refractivity contribution is -0.129. The third-order valence-corrected chi connectivity index (χ3v) is 10.3. The number of halogens is 4. The Morgan fingerprint density at radius 2 is 1.91 bits per heavy atom. The number of alkyl halides is 4. The first-order chi connectivity index (χ1) is 15.9. The van der Waals surface area contributed by atoms with Gasteiger partial charge in [0.05, 0.1) is 0 Å². The van der Waals surface area contributed by atoms with E-state index >= 15 is 4.39 Å². The van der Waals surface area contributed by atoms with Gasteiger partial charge in [-0.1, -0.05) is 50.5 Å². The van der Waals surface area contributed by atoms with Crippen LogP contribution in [0.2, 0.25) is 0 Å². The number of unbranched alkanes of at least 4 members (excludes halogenated alkanes) is 1. The van der Waals surface area contributed by atoms with Gasteiger partial charge in [-0.15, -0.1) is 17.9 Å². The molecule has 2 rings (SSSR count). The normalized spacial score (nSPS) is 15.6. The molecule has 0 spiro atoms. The summed E-state index contributed by atoms with van der Waals surface area (Å²) in [6, 6.07) is 6.92. The third kappa shape index (κ3) is 7.96. The predicted molar refractivity (Wildman–Crippen MR) is 145 cm³/mol. The molecule has 0 fully saturated rings. The van der Waals surface area contributed by atoms with Gasteiger partial charge >= 0.3 is 6.18 Å². The molecule has 34 heavy (non-hydrogen) atoms. The van der Waals surface area contributed by atoms with E-state index in [4.69, 9.17) is 0 Å². The van der Waals surface area contributed by atoms with Crippen molar-refractivity contribution in [3.8, 4) is 0 Å². The number of thiophene rings is 1. The topological polar surface area (TPSA) is 12.0 Å². The molecule has 0 amide bonds. The highest BCUT2D eigenvalue weighted by Crippen LogP contribution is 2.58. The molecule has 0 aliphatic carbocycles. The van der Waals surface area contributed by atoms with Gasteiger partial charge in [-0.05, 0) is 80.5 Å². The average Bonchev–Trinajstić information content (AvgIpc) is 3.22. The quantitative estimate of drug-likeness (QED) is 0.151. The molecule has 7 heteroatoms. The van der Waals surface area contributed by atoms with Gasteiger partial charge in [0.15, 0.2) is 5.91 Å². The molecule has 1 nitrogen and oxygen atoms in total. The molecule has 0 radical (unpaired) electrons. The summed E-state index contributed by atoms with van der Waals surface area (Å²) < 4.78 is 56.3. The number of allylic oxidation sites excluding steroid dienone is 2. The van der Waals surface area contributed by atoms with Crippen LogP contribution >= 0.6 is 18.4 Å². The average molecular weight is 514 g/mol. The fourth-order valence-corrected chi connectivity index (χ4v) is 7.60. The van der Waals surface area contributed by atoms with Crippen LogP contribution in [0.5, 0.6) is 0 Å². The van der Waals surface area contributed by atoms with Crippen molar-refractivity contribution in [2.24, 2.45) is 0 Å². The summed E-state index contributed by atoms with van der Waals surface area (Å²) in [5.74, 6) is -1.62. The van der Waals surface area contributed by atoms with E-state index in [2.05, 4.69) is 38.0 Å². The summed E-state index contributed by atoms with van der Waals surface area (Å²) in [6.07, 6.45) is 4.39. The molecule has 0 aliphatic rings. The highest BCUT2D eigenvalue weighted by atomic mass is 32.1. The van der Waals surface area contributed by atoms with E-state index in [0.29, 0.717) is 5.56 Å². The van der Waals surface area contributed by atoms with Crippen LogP contribution in [-0.4, -0.2) is 24.7 Å². The van der Waals surface area contributed by atoms with E-state index in [1.54, 1.807) is 23.5 Å². The molecule has 0 saturated heterocycles. The SMILES string of the molecule is C=CCCC(=C)c1cc2cc(C(F)P(=C)(CCC(F)(F)F)NC(C)C(=C)CCCC)ccc2s1. The zero-order valence-electron chi connectivity index (χ0n) is 20.2. The zero-order chi connectivity index (χ0) is 25.5. The highest BCUT2D eigenvalue weighted by Gasteiger charge is 2.35. The van der Waals surface area contributed by atoms with Crippen molar-refractivity contribution in [1.82, 2.24) is 5.09 Å². The Bertz CT molecular complexity index is 1050. The van der Waals surface area contributed by atoms with E-state index in [9.17, 15) is 13.2 Å². The van der Waals surface area contributed by atoms with Gasteiger partial charge in [0.25, 0.3) is 0 Å². The molecular weight excluding hydrogens is 477 g/mol. The number of rotatable bonds is 14. The van der Waals surface area contributed by atoms with Crippen LogP contribution in [0.3, 0.4) is 0 Å². The fraction of sp³-hybridized carbons (Fsp3) is 0.444. The van der Waals surface area contributed by atoms with Gasteiger partial charge in [-0.3, -0.25) is 5.09 Å². The third-order valence-electron chi connectivity index (χ3n) is 5.96. The minimum Gasteiger partial charge on any atom is -0.288 e. The molecule has 0 aliphatic heterocycles. The largest absolute Gasteiger partial charge is 0.389 e. The van der Waals surface area contributed by atoms with Crippen LogP contribution in [-0.2, 0) is 0 Å². The van der Waals surface area contributed by atoms with E-state index in [1.165, 1.54) is 0 Å². The number of hydrogen-bond donors (Lipinski definition) is 1. The Kier molecular flexibility index (Phi) is 10.4. The second kappa shape index (κ2) is 12.4. The van der Waals surface area contributed by atoms with Gasteiger partial charge in [-0.25, -0.2) is 4.39 Å². The molecule has 1 heterocycles. The molecular formula is C27H36F4NPS. The van der Waals surface area contributed by atoms with Crippen molar-refractivity contribution in [2.45, 2.75) is 70.5 Å². The molecule has 1 aromatic heterocycles. The maximum absolute atomic E-state index is 16.0. The first kappa shape index (κ1) is 28.6. The molecule has 1 aromatic carbocycles. The standard InChI is InChI=1S/C27H36F4NPS/c1-7-9-11-19(3)21(5)32-33(6,16-15-27(29,30)31)26(28)22-13-14-24-23(17-22)18-25(34-24)20(4)12-10-8-2/h8,13-14,17-18,21,26,32H,2-4,6-7,9-12,15-16H2,1,5H3. The van der Waals surface area contributed by atoms with Crippen LogP contribution < -0.4 is 5.09 Å². The second-order valence-corrected chi connectivity index (χ2v) is 13.2. The van der Waals surface area contributed by atoms with Crippen LogP contribution in [0, 0.1) is 0 Å². The summed E-state index contributed by atoms with van der Waals surface area (Å²) in [6.45, 7) is 15.8. The first-order valence-electron chi connectivity index (χ1n) is 11.6. The summed E-state index contributed by atoms with van der Waals surface area (Å²) in [4.78, 5) is 1.02. The van der Waals surface area contributed by atoms with Crippen molar-refractivity contribution >= 4 is 40.3 Å². The predicted octanol–water partition coefficient (Wildman–Crippen LogP) is 9.89. The Hall–Kier alpha value is -1.62. The van der Waals surface area contributed by atoms with Gasteiger partial charge < -0.3 is 0 Å². The van der Waals surface area contributed by atoms with Crippen LogP contribution in [0.4, 0.5) is 17.6 Å². The lowest BCUT2D eigenvalue weighted by atomic mass is 10.1. The van der Waals surface area contributed by atoms with Crippen LogP contribution in [0.15, 0.2) is 55.7 Å². The monoisotopic (exact) mass is 513 g/mol. The summed E-state index contributed by atoms with van der Waals surface area (Å²) in [7, 11) is -3.10. The first-order valence-corrected chi connectivity index (χ1v) is 14.7. The second-order valence-electron chi connectivity index (χ2n) is 8.91. The van der Waals surface area contributed by atoms with E-state index in [1.807, 2.05) is 25.1 Å². The number of hydrogen-bond acceptors (Lipinski definition) is 2. The smallest absolute Gasteiger partial charge is 0.288 e. The van der Waals surface area contributed by atoms with Crippen molar-refractivity contribution in [3.63, 3.8) is 0 Å². The lowest BCUT2D eigenvalue weighted by Crippen LogP contribution is -2.29. The van der Waals surface area contributed by atoms with Crippen molar-refractivity contribution in [3.05, 3.63) is 66.1 Å². The molecule has 1 N–H and O–H groups in total. The fourth-order valence-electron chi connectivity index (χ4n) is 3.74. The summed E-state index contributed by atoms with van der Waals surface area (Å²) in [5.41, 5.74) is 2.22. The number of fused-ring (bicyclic) bond motifs is 1. The van der Waals surface area contributed by atoms with Gasteiger partial charge in [0.2, 0.25) is 0 Å². The van der Waals surface area contributed by atoms with Crippen molar-refractivity contribution in [1.29, 1.82) is 0 Å². The summed E-state index contributed by atoms with van der Waals surface area (Å²) >= 11 is 1.58. The molecule has 0 bridgehead atoms. The van der Waals surface area contributed by atoms with Crippen LogP contribution in [0.1, 0.15) is 68.7 Å². The molecule has 3 atom stereocenters. The van der Waals surface area contributed by atoms with E-state index in [-0.39, 0.29) is 12.2 Å². The Morgan fingerprint density at radius 3 is 2.53 bits per heavy atom. The minimum atomic E-state index is -4.37. The number of nitrogens with one attached hydrogen (secondary N) is 1. The zero-order valence-corrected chi connectivity index (χ0v) is 21.9. The Balaban J connectivity index is 2.33. The molecule has 2 aromatic rings. The minimum absolute atomic E-state index is 0.312. The summed E-state index contributed by atoms with van der Waals surface area (Å²) in [5, 5.41) is 4.04.